The summed E-state index contributed by atoms with van der Waals surface area (Å²) >= 11 is 6.37. The van der Waals surface area contributed by atoms with Crippen molar-refractivity contribution in [2.75, 3.05) is 12.4 Å². The molecule has 0 saturated carbocycles. The topological polar surface area (TPSA) is 83.9 Å². The zero-order valence-corrected chi connectivity index (χ0v) is 19.3. The van der Waals surface area contributed by atoms with Crippen LogP contribution in [0, 0.1) is 6.92 Å². The highest BCUT2D eigenvalue weighted by Gasteiger charge is 2.17. The van der Waals surface area contributed by atoms with Crippen molar-refractivity contribution in [3.63, 3.8) is 0 Å². The van der Waals surface area contributed by atoms with Gasteiger partial charge in [-0.1, -0.05) is 41.9 Å². The average Bonchev–Trinajstić information content (AvgIpc) is 2.86. The molecule has 7 nitrogen and oxygen atoms in total. The maximum atomic E-state index is 13.0. The second-order valence-corrected chi connectivity index (χ2v) is 7.89. The smallest absolute Gasteiger partial charge is 0.274 e. The molecule has 0 saturated heterocycles. The number of methoxy groups -OCH3 is 1. The molecule has 34 heavy (non-hydrogen) atoms. The number of amides is 1. The Morgan fingerprint density at radius 1 is 1.18 bits per heavy atom. The normalized spacial score (nSPS) is 12.4. The Balaban J connectivity index is 1.57. The number of ether oxygens (including phenoxy) is 1. The molecule has 2 heterocycles. The molecule has 170 valence electrons. The number of allylic oxidation sites excluding steroid dienone is 1. The first-order valence-electron chi connectivity index (χ1n) is 10.4. The minimum atomic E-state index is -0.372. The van der Waals surface area contributed by atoms with Gasteiger partial charge in [0.05, 0.1) is 19.9 Å². The Morgan fingerprint density at radius 2 is 1.97 bits per heavy atom. The van der Waals surface area contributed by atoms with Crippen LogP contribution in [-0.4, -0.2) is 35.1 Å². The van der Waals surface area contributed by atoms with Gasteiger partial charge in [-0.3, -0.25) is 14.8 Å². The fourth-order valence-corrected chi connectivity index (χ4v) is 3.86. The standard InChI is InChI=1S/C26H21ClN4O3/c1-17-20(21-6-3-4-8-22(21)27)7-5-9-23(17)30-26(33)24-12-25(34-2)18(13-29-24)15-31-11-10-28-14-19(31)16-32/h3-14H,15H2,1-2H3,(H,30,33). The summed E-state index contributed by atoms with van der Waals surface area (Å²) in [5, 5.41) is 3.57. The van der Waals surface area contributed by atoms with E-state index in [-0.39, 0.29) is 11.6 Å². The predicted octanol–water partition coefficient (Wildman–Crippen LogP) is 5.04. The molecule has 1 aliphatic rings. The highest BCUT2D eigenvalue weighted by atomic mass is 35.5. The third kappa shape index (κ3) is 4.76. The van der Waals surface area contributed by atoms with Crippen molar-refractivity contribution in [1.82, 2.24) is 9.88 Å². The number of nitrogens with one attached hydrogen (secondary N) is 1. The molecule has 0 fully saturated rings. The van der Waals surface area contributed by atoms with Gasteiger partial charge in [-0.2, -0.15) is 0 Å². The van der Waals surface area contributed by atoms with E-state index in [2.05, 4.69) is 15.3 Å². The zero-order chi connectivity index (χ0) is 24.1. The van der Waals surface area contributed by atoms with Crippen LogP contribution in [0.4, 0.5) is 5.69 Å². The van der Waals surface area contributed by atoms with Crippen molar-refractivity contribution in [3.8, 4) is 16.9 Å². The summed E-state index contributed by atoms with van der Waals surface area (Å²) in [7, 11) is 1.52. The van der Waals surface area contributed by atoms with E-state index in [1.165, 1.54) is 13.3 Å². The number of carbonyl (C=O) groups excluding carboxylic acids is 2. The highest BCUT2D eigenvalue weighted by molar-refractivity contribution is 6.33. The Morgan fingerprint density at radius 3 is 2.74 bits per heavy atom. The van der Waals surface area contributed by atoms with E-state index in [0.29, 0.717) is 34.3 Å². The van der Waals surface area contributed by atoms with Crippen LogP contribution in [0.1, 0.15) is 21.6 Å². The van der Waals surface area contributed by atoms with Crippen LogP contribution in [0.25, 0.3) is 11.1 Å². The quantitative estimate of drug-likeness (QED) is 0.508. The van der Waals surface area contributed by atoms with Crippen LogP contribution >= 0.6 is 11.6 Å². The van der Waals surface area contributed by atoms with Crippen molar-refractivity contribution >= 4 is 35.4 Å². The number of hydrogen-bond acceptors (Lipinski definition) is 6. The lowest BCUT2D eigenvalue weighted by Crippen LogP contribution is -2.21. The van der Waals surface area contributed by atoms with Crippen molar-refractivity contribution < 1.29 is 14.3 Å². The van der Waals surface area contributed by atoms with Crippen LogP contribution in [0.2, 0.25) is 5.02 Å². The van der Waals surface area contributed by atoms with Gasteiger partial charge in [-0.25, -0.2) is 4.79 Å². The predicted molar refractivity (Wildman–Crippen MR) is 133 cm³/mol. The third-order valence-electron chi connectivity index (χ3n) is 5.43. The molecule has 3 aromatic rings. The summed E-state index contributed by atoms with van der Waals surface area (Å²) in [6, 6.07) is 14.8. The maximum Gasteiger partial charge on any atom is 0.274 e. The van der Waals surface area contributed by atoms with Gasteiger partial charge in [0.1, 0.15) is 17.1 Å². The van der Waals surface area contributed by atoms with Gasteiger partial charge in [0.25, 0.3) is 5.91 Å². The number of nitrogens with zero attached hydrogens (tertiary/aromatic N) is 3. The summed E-state index contributed by atoms with van der Waals surface area (Å²) in [5.74, 6) is 1.95. The molecule has 1 aromatic heterocycles. The SMILES string of the molecule is COc1cc(C(=O)Nc2cccc(-c3ccccc3Cl)c2C)ncc1CN1C=CN=CC1=C=O. The molecule has 0 spiro atoms. The van der Waals surface area contributed by atoms with Gasteiger partial charge in [0, 0.05) is 46.5 Å². The molecule has 1 amide bonds. The molecule has 4 rings (SSSR count). The number of halogens is 1. The van der Waals surface area contributed by atoms with Gasteiger partial charge in [-0.05, 0) is 30.2 Å². The molecule has 0 bridgehead atoms. The van der Waals surface area contributed by atoms with Gasteiger partial charge in [0.15, 0.2) is 5.94 Å². The molecular weight excluding hydrogens is 452 g/mol. The molecule has 2 aromatic carbocycles. The van der Waals surface area contributed by atoms with Crippen LogP contribution in [-0.2, 0) is 11.3 Å². The van der Waals surface area contributed by atoms with E-state index in [4.69, 9.17) is 16.3 Å². The summed E-state index contributed by atoms with van der Waals surface area (Å²) < 4.78 is 5.48. The fourth-order valence-electron chi connectivity index (χ4n) is 3.62. The van der Waals surface area contributed by atoms with E-state index >= 15 is 0 Å². The molecular formula is C26H21ClN4O3. The zero-order valence-electron chi connectivity index (χ0n) is 18.6. The number of hydrogen-bond donors (Lipinski definition) is 1. The lowest BCUT2D eigenvalue weighted by Gasteiger charge is -2.21. The van der Waals surface area contributed by atoms with Gasteiger partial charge >= 0.3 is 0 Å². The van der Waals surface area contributed by atoms with Crippen molar-refractivity contribution in [3.05, 3.63) is 94.7 Å². The van der Waals surface area contributed by atoms with Crippen molar-refractivity contribution in [2.45, 2.75) is 13.5 Å². The van der Waals surface area contributed by atoms with Crippen LogP contribution < -0.4 is 10.1 Å². The summed E-state index contributed by atoms with van der Waals surface area (Å²) in [6.07, 6.45) is 6.22. The number of anilines is 1. The minimum absolute atomic E-state index is 0.199. The van der Waals surface area contributed by atoms with Gasteiger partial charge < -0.3 is 15.0 Å². The lowest BCUT2D eigenvalue weighted by atomic mass is 9.99. The monoisotopic (exact) mass is 472 g/mol. The number of benzene rings is 2. The summed E-state index contributed by atoms with van der Waals surface area (Å²) in [6.45, 7) is 2.24. The Kier molecular flexibility index (Phi) is 6.87. The first-order valence-corrected chi connectivity index (χ1v) is 10.8. The lowest BCUT2D eigenvalue weighted by molar-refractivity contribution is 0.102. The number of aromatic nitrogens is 1. The van der Waals surface area contributed by atoms with Crippen LogP contribution in [0.3, 0.4) is 0 Å². The molecule has 1 aliphatic heterocycles. The Labute approximate surface area is 202 Å². The van der Waals surface area contributed by atoms with E-state index < -0.39 is 0 Å². The van der Waals surface area contributed by atoms with E-state index in [0.717, 1.165) is 16.7 Å². The van der Waals surface area contributed by atoms with Crippen LogP contribution in [0.15, 0.2) is 77.8 Å². The summed E-state index contributed by atoms with van der Waals surface area (Å²) in [5.41, 5.74) is 4.56. The summed E-state index contributed by atoms with van der Waals surface area (Å²) in [4.78, 5) is 34.1. The van der Waals surface area contributed by atoms with Crippen LogP contribution in [0.5, 0.6) is 5.75 Å². The number of rotatable bonds is 6. The van der Waals surface area contributed by atoms with Crippen molar-refractivity contribution in [2.24, 2.45) is 4.99 Å². The van der Waals surface area contributed by atoms with Crippen molar-refractivity contribution in [1.29, 1.82) is 0 Å². The Hall–Kier alpha value is -4.19. The molecule has 1 N–H and O–H groups in total. The van der Waals surface area contributed by atoms with E-state index in [1.807, 2.05) is 55.3 Å². The number of pyridine rings is 1. The molecule has 0 aliphatic carbocycles. The Bertz CT molecular complexity index is 1360. The third-order valence-corrected chi connectivity index (χ3v) is 5.76. The van der Waals surface area contributed by atoms with E-state index in [9.17, 15) is 9.59 Å². The highest BCUT2D eigenvalue weighted by Crippen LogP contribution is 2.33. The first kappa shape index (κ1) is 23.0. The fraction of sp³-hybridized carbons (Fsp3) is 0.115. The van der Waals surface area contributed by atoms with Gasteiger partial charge in [-0.15, -0.1) is 0 Å². The van der Waals surface area contributed by atoms with Gasteiger partial charge in [0.2, 0.25) is 0 Å². The second-order valence-electron chi connectivity index (χ2n) is 7.49. The maximum absolute atomic E-state index is 13.0. The second kappa shape index (κ2) is 10.2. The molecule has 8 heteroatoms. The minimum Gasteiger partial charge on any atom is -0.496 e. The first-order chi connectivity index (χ1) is 16.5. The molecule has 0 unspecified atom stereocenters. The largest absolute Gasteiger partial charge is 0.496 e. The average molecular weight is 473 g/mol. The molecule has 0 radical (unpaired) electrons. The molecule has 0 atom stereocenters. The number of aliphatic imine (C=N–C) groups is 1. The number of carbonyl (C=O) groups is 1. The van der Waals surface area contributed by atoms with E-state index in [1.54, 1.807) is 29.6 Å².